The smallest absolute Gasteiger partial charge is 0.462 e. The Labute approximate surface area is 613 Å². The van der Waals surface area contributed by atoms with Crippen molar-refractivity contribution < 1.29 is 80.2 Å². The van der Waals surface area contributed by atoms with Crippen molar-refractivity contribution >= 4 is 39.5 Å². The molecular weight excluding hydrogens is 1310 g/mol. The van der Waals surface area contributed by atoms with Crippen molar-refractivity contribution in [2.24, 2.45) is 17.8 Å². The molecular formula is C81H158O17P2. The Balaban J connectivity index is 5.24. The van der Waals surface area contributed by atoms with E-state index in [1.807, 2.05) is 0 Å². The first kappa shape index (κ1) is 98.1. The molecule has 0 aliphatic rings. The van der Waals surface area contributed by atoms with E-state index in [0.29, 0.717) is 25.7 Å². The average Bonchev–Trinajstić information content (AvgIpc) is 0.931. The molecule has 6 atom stereocenters. The van der Waals surface area contributed by atoms with Gasteiger partial charge < -0.3 is 33.8 Å². The third-order valence-corrected chi connectivity index (χ3v) is 21.1. The molecule has 0 rings (SSSR count). The second-order valence-electron chi connectivity index (χ2n) is 30.4. The van der Waals surface area contributed by atoms with Gasteiger partial charge in [-0.05, 0) is 43.4 Å². The molecule has 0 aromatic carbocycles. The van der Waals surface area contributed by atoms with Gasteiger partial charge in [0.15, 0.2) is 12.2 Å². The maximum atomic E-state index is 13.1. The first-order valence-electron chi connectivity index (χ1n) is 41.9. The van der Waals surface area contributed by atoms with E-state index in [4.69, 9.17) is 37.0 Å². The van der Waals surface area contributed by atoms with E-state index in [1.165, 1.54) is 231 Å². The van der Waals surface area contributed by atoms with Gasteiger partial charge in [0, 0.05) is 25.7 Å². The number of carbonyl (C=O) groups excluding carboxylic acids is 4. The van der Waals surface area contributed by atoms with E-state index in [9.17, 15) is 43.2 Å². The second kappa shape index (κ2) is 71.3. The fraction of sp³-hybridized carbons (Fsp3) is 0.951. The summed E-state index contributed by atoms with van der Waals surface area (Å²) in [5.74, 6) is 0.193. The van der Waals surface area contributed by atoms with Gasteiger partial charge in [0.2, 0.25) is 0 Å². The highest BCUT2D eigenvalue weighted by atomic mass is 31.2. The summed E-state index contributed by atoms with van der Waals surface area (Å²) >= 11 is 0. The monoisotopic (exact) mass is 1470 g/mol. The summed E-state index contributed by atoms with van der Waals surface area (Å²) in [5, 5.41) is 10.6. The molecule has 0 aromatic rings. The maximum Gasteiger partial charge on any atom is 0.472 e. The van der Waals surface area contributed by atoms with Crippen LogP contribution in [0.3, 0.4) is 0 Å². The number of ether oxygens (including phenoxy) is 4. The highest BCUT2D eigenvalue weighted by molar-refractivity contribution is 7.47. The standard InChI is InChI=1S/C81H158O17P2/c1-8-10-11-12-13-14-15-16-17-18-19-20-21-22-23-24-25-35-43-50-57-64-80(85)97-76(68-91-78(83)62-55-48-41-34-29-27-33-40-47-54-61-74(7)9-2)70-95-99(87,88)93-66-75(82)67-94-100(89,90)96-71-77(69-92-79(84)63-56-49-42-37-30-32-39-46-53-60-73(5)6)98-81(86)65-58-51-44-36-28-26-31-38-45-52-59-72(3)4/h72-77,82H,8-71H2,1-7H3,(H,87,88)(H,89,90)/t74?,75-,76-,77-/m1/s1. The van der Waals surface area contributed by atoms with Gasteiger partial charge in [-0.15, -0.1) is 0 Å². The van der Waals surface area contributed by atoms with E-state index in [2.05, 4.69) is 48.5 Å². The highest BCUT2D eigenvalue weighted by Gasteiger charge is 2.30. The zero-order valence-corrected chi connectivity index (χ0v) is 67.5. The topological polar surface area (TPSA) is 237 Å². The van der Waals surface area contributed by atoms with Gasteiger partial charge in [-0.2, -0.15) is 0 Å². The summed E-state index contributed by atoms with van der Waals surface area (Å²) in [6.07, 6.45) is 59.7. The van der Waals surface area contributed by atoms with Crippen LogP contribution in [0.2, 0.25) is 0 Å². The molecule has 0 heterocycles. The number of unbranched alkanes of at least 4 members (excludes halogenated alkanes) is 46. The van der Waals surface area contributed by atoms with E-state index in [-0.39, 0.29) is 25.7 Å². The summed E-state index contributed by atoms with van der Waals surface area (Å²) in [7, 11) is -9.92. The van der Waals surface area contributed by atoms with Crippen LogP contribution in [0.4, 0.5) is 0 Å². The molecule has 0 aromatic heterocycles. The predicted octanol–water partition coefficient (Wildman–Crippen LogP) is 24.1. The molecule has 0 aliphatic heterocycles. The minimum atomic E-state index is -4.96. The van der Waals surface area contributed by atoms with Crippen LogP contribution in [0, 0.1) is 17.8 Å². The number of aliphatic hydroxyl groups is 1. The molecule has 100 heavy (non-hydrogen) atoms. The average molecular weight is 1470 g/mol. The SMILES string of the molecule is CCCCCCCCCCCCCCCCCCCCCCCC(=O)O[C@H](COC(=O)CCCCCCCCCCCCC(C)CC)COP(=O)(O)OC[C@@H](O)COP(=O)(O)OC[C@@H](COC(=O)CCCCCCCCCCCC(C)C)OC(=O)CCCCCCCCCCCCC(C)C. The summed E-state index contributed by atoms with van der Waals surface area (Å²) in [5.41, 5.74) is 0. The number of hydrogen-bond donors (Lipinski definition) is 3. The molecule has 0 aliphatic carbocycles. The zero-order chi connectivity index (χ0) is 73.7. The second-order valence-corrected chi connectivity index (χ2v) is 33.3. The van der Waals surface area contributed by atoms with Gasteiger partial charge in [0.25, 0.3) is 0 Å². The predicted molar refractivity (Wildman–Crippen MR) is 409 cm³/mol. The van der Waals surface area contributed by atoms with Crippen LogP contribution in [-0.2, 0) is 65.4 Å². The molecule has 3 N–H and O–H groups in total. The van der Waals surface area contributed by atoms with Crippen molar-refractivity contribution in [2.75, 3.05) is 39.6 Å². The summed E-state index contributed by atoms with van der Waals surface area (Å²) in [6.45, 7) is 11.9. The van der Waals surface area contributed by atoms with E-state index in [0.717, 1.165) is 108 Å². The zero-order valence-electron chi connectivity index (χ0n) is 65.7. The Hall–Kier alpha value is -1.94. The molecule has 0 bridgehead atoms. The van der Waals surface area contributed by atoms with E-state index < -0.39 is 97.5 Å². The van der Waals surface area contributed by atoms with Gasteiger partial charge in [-0.1, -0.05) is 370 Å². The molecule has 0 saturated carbocycles. The number of phosphoric acid groups is 2. The fourth-order valence-corrected chi connectivity index (χ4v) is 14.0. The largest absolute Gasteiger partial charge is 0.472 e. The van der Waals surface area contributed by atoms with Gasteiger partial charge in [-0.25, -0.2) is 9.13 Å². The Morgan fingerprint density at radius 1 is 0.290 bits per heavy atom. The molecule has 594 valence electrons. The Kier molecular flexibility index (Phi) is 69.9. The lowest BCUT2D eigenvalue weighted by atomic mass is 9.99. The number of hydrogen-bond acceptors (Lipinski definition) is 15. The van der Waals surface area contributed by atoms with Crippen LogP contribution in [0.5, 0.6) is 0 Å². The van der Waals surface area contributed by atoms with Gasteiger partial charge >= 0.3 is 39.5 Å². The minimum Gasteiger partial charge on any atom is -0.462 e. The quantitative estimate of drug-likeness (QED) is 0.0222. The van der Waals surface area contributed by atoms with Gasteiger partial charge in [0.05, 0.1) is 26.4 Å². The first-order valence-corrected chi connectivity index (χ1v) is 44.9. The summed E-state index contributed by atoms with van der Waals surface area (Å²) < 4.78 is 68.7. The number of phosphoric ester groups is 2. The van der Waals surface area contributed by atoms with Crippen LogP contribution < -0.4 is 0 Å². The molecule has 0 saturated heterocycles. The van der Waals surface area contributed by atoms with Crippen molar-refractivity contribution in [3.05, 3.63) is 0 Å². The lowest BCUT2D eigenvalue weighted by Crippen LogP contribution is -2.30. The molecule has 3 unspecified atom stereocenters. The molecule has 0 radical (unpaired) electrons. The molecule has 17 nitrogen and oxygen atoms in total. The van der Waals surface area contributed by atoms with Gasteiger partial charge in [-0.3, -0.25) is 37.3 Å². The summed E-state index contributed by atoms with van der Waals surface area (Å²) in [4.78, 5) is 73.0. The van der Waals surface area contributed by atoms with E-state index >= 15 is 0 Å². The Bertz CT molecular complexity index is 1940. The molecule has 0 amide bonds. The van der Waals surface area contributed by atoms with Crippen LogP contribution in [0.25, 0.3) is 0 Å². The third-order valence-electron chi connectivity index (χ3n) is 19.2. The Morgan fingerprint density at radius 2 is 0.510 bits per heavy atom. The van der Waals surface area contributed by atoms with Crippen LogP contribution in [-0.4, -0.2) is 96.7 Å². The lowest BCUT2D eigenvalue weighted by molar-refractivity contribution is -0.161. The van der Waals surface area contributed by atoms with Crippen molar-refractivity contribution in [3.63, 3.8) is 0 Å². The van der Waals surface area contributed by atoms with Crippen LogP contribution in [0.1, 0.15) is 421 Å². The molecule has 0 spiro atoms. The number of esters is 4. The molecule has 19 heteroatoms. The van der Waals surface area contributed by atoms with Crippen molar-refractivity contribution in [3.8, 4) is 0 Å². The fourth-order valence-electron chi connectivity index (χ4n) is 12.5. The van der Waals surface area contributed by atoms with Crippen LogP contribution >= 0.6 is 15.6 Å². The first-order chi connectivity index (χ1) is 48.3. The normalized spacial score (nSPS) is 14.2. The lowest BCUT2D eigenvalue weighted by Gasteiger charge is -2.21. The number of rotatable bonds is 79. The Morgan fingerprint density at radius 3 is 0.760 bits per heavy atom. The van der Waals surface area contributed by atoms with Gasteiger partial charge in [0.1, 0.15) is 19.3 Å². The summed E-state index contributed by atoms with van der Waals surface area (Å²) in [6, 6.07) is 0. The molecule has 0 fully saturated rings. The highest BCUT2D eigenvalue weighted by Crippen LogP contribution is 2.45. The number of aliphatic hydroxyl groups excluding tert-OH is 1. The van der Waals surface area contributed by atoms with Crippen molar-refractivity contribution in [2.45, 2.75) is 439 Å². The third kappa shape index (κ3) is 73.0. The number of carbonyl (C=O) groups is 4. The van der Waals surface area contributed by atoms with E-state index in [1.54, 1.807) is 0 Å². The minimum absolute atomic E-state index is 0.106. The maximum absolute atomic E-state index is 13.1. The van der Waals surface area contributed by atoms with Crippen molar-refractivity contribution in [1.82, 2.24) is 0 Å². The van der Waals surface area contributed by atoms with Crippen LogP contribution in [0.15, 0.2) is 0 Å². The van der Waals surface area contributed by atoms with Crippen molar-refractivity contribution in [1.29, 1.82) is 0 Å².